The minimum atomic E-state index is -0.383. The molecule has 1 fully saturated rings. The van der Waals surface area contributed by atoms with Crippen LogP contribution in [0.1, 0.15) is 33.8 Å². The molecule has 0 radical (unpaired) electrons. The maximum atomic E-state index is 13.1. The predicted octanol–water partition coefficient (Wildman–Crippen LogP) is 5.73. The minimum Gasteiger partial charge on any atom is -0.493 e. The zero-order chi connectivity index (χ0) is 24.6. The first-order valence-electron chi connectivity index (χ1n) is 11.4. The molecule has 1 aliphatic heterocycles. The first-order valence-corrected chi connectivity index (χ1v) is 12.4. The molecule has 4 rings (SSSR count). The summed E-state index contributed by atoms with van der Waals surface area (Å²) in [6.07, 6.45) is 0. The molecule has 0 aromatic heterocycles. The third-order valence-corrected chi connectivity index (χ3v) is 6.77. The molecular weight excluding hydrogens is 464 g/mol. The van der Waals surface area contributed by atoms with Crippen molar-refractivity contribution in [1.29, 1.82) is 0 Å². The maximum absolute atomic E-state index is 13.1. The van der Waals surface area contributed by atoms with Crippen LogP contribution in [0.4, 0.5) is 10.5 Å². The van der Waals surface area contributed by atoms with Crippen molar-refractivity contribution < 1.29 is 23.8 Å². The van der Waals surface area contributed by atoms with E-state index >= 15 is 0 Å². The summed E-state index contributed by atoms with van der Waals surface area (Å²) in [5.41, 5.74) is 3.09. The fourth-order valence-electron chi connectivity index (χ4n) is 3.75. The van der Waals surface area contributed by atoms with Crippen molar-refractivity contribution in [2.24, 2.45) is 0 Å². The van der Waals surface area contributed by atoms with E-state index in [-0.39, 0.29) is 17.4 Å². The number of benzene rings is 3. The highest BCUT2D eigenvalue weighted by atomic mass is 32.2. The van der Waals surface area contributed by atoms with Gasteiger partial charge in [-0.05, 0) is 54.4 Å². The number of hydrogen-bond donors (Lipinski definition) is 1. The summed E-state index contributed by atoms with van der Waals surface area (Å²) in [6, 6.07) is 22.2. The Bertz CT molecular complexity index is 1150. The van der Waals surface area contributed by atoms with E-state index in [1.807, 2.05) is 48.5 Å². The number of nitrogens with zero attached hydrogens (tertiary/aromatic N) is 1. The first kappa shape index (κ1) is 24.5. The van der Waals surface area contributed by atoms with Gasteiger partial charge < -0.3 is 24.4 Å². The Morgan fingerprint density at radius 2 is 1.80 bits per heavy atom. The van der Waals surface area contributed by atoms with Crippen molar-refractivity contribution in [3.63, 3.8) is 0 Å². The van der Waals surface area contributed by atoms with Gasteiger partial charge in [-0.3, -0.25) is 0 Å². The highest BCUT2D eigenvalue weighted by Gasteiger charge is 2.31. The van der Waals surface area contributed by atoms with E-state index in [1.165, 1.54) is 0 Å². The number of urea groups is 1. The topological polar surface area (TPSA) is 77.1 Å². The molecular formula is C27H28N2O5S. The Balaban J connectivity index is 1.43. The van der Waals surface area contributed by atoms with Crippen molar-refractivity contribution in [2.45, 2.75) is 18.9 Å². The number of anilines is 1. The average Bonchev–Trinajstić information content (AvgIpc) is 3.39. The Labute approximate surface area is 209 Å². The summed E-state index contributed by atoms with van der Waals surface area (Å²) in [5.74, 6) is 1.72. The number of nitrogens with one attached hydrogen (secondary N) is 1. The number of esters is 1. The molecule has 1 heterocycles. The van der Waals surface area contributed by atoms with Crippen molar-refractivity contribution >= 4 is 29.4 Å². The van der Waals surface area contributed by atoms with Crippen LogP contribution in [0.5, 0.6) is 11.5 Å². The van der Waals surface area contributed by atoms with Crippen LogP contribution >= 0.6 is 11.8 Å². The lowest BCUT2D eigenvalue weighted by Gasteiger charge is -2.25. The van der Waals surface area contributed by atoms with E-state index in [0.717, 1.165) is 16.9 Å². The number of rotatable bonds is 8. The number of thioether (sulfide) groups is 1. The summed E-state index contributed by atoms with van der Waals surface area (Å²) < 4.78 is 16.6. The summed E-state index contributed by atoms with van der Waals surface area (Å²) in [5, 5.41) is 2.78. The van der Waals surface area contributed by atoms with Gasteiger partial charge in [0.1, 0.15) is 12.0 Å². The molecule has 0 bridgehead atoms. The Morgan fingerprint density at radius 1 is 1.03 bits per heavy atom. The van der Waals surface area contributed by atoms with E-state index in [4.69, 9.17) is 14.2 Å². The lowest BCUT2D eigenvalue weighted by molar-refractivity contribution is 0.0526. The molecule has 182 valence electrons. The van der Waals surface area contributed by atoms with Crippen LogP contribution in [0.3, 0.4) is 0 Å². The molecule has 1 saturated heterocycles. The Morgan fingerprint density at radius 3 is 2.51 bits per heavy atom. The molecule has 2 amide bonds. The van der Waals surface area contributed by atoms with Crippen LogP contribution < -0.4 is 14.8 Å². The van der Waals surface area contributed by atoms with Gasteiger partial charge in [-0.2, -0.15) is 0 Å². The maximum Gasteiger partial charge on any atom is 0.338 e. The third kappa shape index (κ3) is 6.08. The van der Waals surface area contributed by atoms with Gasteiger partial charge in [-0.1, -0.05) is 36.4 Å². The molecule has 7 nitrogen and oxygen atoms in total. The predicted molar refractivity (Wildman–Crippen MR) is 137 cm³/mol. The minimum absolute atomic E-state index is 0.147. The van der Waals surface area contributed by atoms with E-state index in [0.29, 0.717) is 42.5 Å². The second-order valence-electron chi connectivity index (χ2n) is 7.83. The van der Waals surface area contributed by atoms with E-state index in [9.17, 15) is 9.59 Å². The molecule has 1 N–H and O–H groups in total. The van der Waals surface area contributed by atoms with Gasteiger partial charge in [-0.15, -0.1) is 11.8 Å². The second kappa shape index (κ2) is 11.7. The lowest BCUT2D eigenvalue weighted by Crippen LogP contribution is -2.34. The number of ether oxygens (including phenoxy) is 3. The van der Waals surface area contributed by atoms with E-state index in [2.05, 4.69) is 5.32 Å². The molecule has 0 aliphatic carbocycles. The fraction of sp³-hybridized carbons (Fsp3) is 0.259. The zero-order valence-electron chi connectivity index (χ0n) is 19.7. The molecule has 0 saturated carbocycles. The molecule has 1 aliphatic rings. The van der Waals surface area contributed by atoms with E-state index < -0.39 is 0 Å². The van der Waals surface area contributed by atoms with Crippen molar-refractivity contribution in [3.8, 4) is 11.5 Å². The standard InChI is InChI=1S/C27H28N2O5S/c1-3-33-26(30)20-9-12-22(13-10-20)28-27(31)29-15-16-35-25(29)21-11-14-23(24(17-21)32-2)34-18-19-7-5-4-6-8-19/h4-14,17,25H,3,15-16,18H2,1-2H3,(H,28,31). The van der Waals surface area contributed by atoms with Crippen LogP contribution in [-0.4, -0.2) is 42.9 Å². The summed E-state index contributed by atoms with van der Waals surface area (Å²) in [6.45, 7) is 3.14. The lowest BCUT2D eigenvalue weighted by atomic mass is 10.1. The molecule has 3 aromatic rings. The number of amides is 2. The number of carbonyl (C=O) groups excluding carboxylic acids is 2. The summed E-state index contributed by atoms with van der Waals surface area (Å²) in [4.78, 5) is 26.7. The van der Waals surface area contributed by atoms with E-state index in [1.54, 1.807) is 55.0 Å². The quantitative estimate of drug-likeness (QED) is 0.405. The Hall–Kier alpha value is -3.65. The van der Waals surface area contributed by atoms with Crippen LogP contribution in [0, 0.1) is 0 Å². The highest BCUT2D eigenvalue weighted by molar-refractivity contribution is 7.99. The third-order valence-electron chi connectivity index (χ3n) is 5.51. The molecule has 1 atom stereocenters. The number of carbonyl (C=O) groups is 2. The van der Waals surface area contributed by atoms with Crippen LogP contribution in [-0.2, 0) is 11.3 Å². The van der Waals surface area contributed by atoms with Crippen LogP contribution in [0.25, 0.3) is 0 Å². The Kier molecular flexibility index (Phi) is 8.15. The summed E-state index contributed by atoms with van der Waals surface area (Å²) in [7, 11) is 1.61. The fourth-order valence-corrected chi connectivity index (χ4v) is 4.99. The van der Waals surface area contributed by atoms with Crippen molar-refractivity contribution in [1.82, 2.24) is 4.90 Å². The monoisotopic (exact) mass is 492 g/mol. The van der Waals surface area contributed by atoms with Gasteiger partial charge in [0.05, 0.1) is 19.3 Å². The van der Waals surface area contributed by atoms with Crippen LogP contribution in [0.2, 0.25) is 0 Å². The van der Waals surface area contributed by atoms with Gasteiger partial charge in [0, 0.05) is 18.0 Å². The summed E-state index contributed by atoms with van der Waals surface area (Å²) >= 11 is 1.70. The molecule has 35 heavy (non-hydrogen) atoms. The van der Waals surface area contributed by atoms with Crippen molar-refractivity contribution in [2.75, 3.05) is 31.3 Å². The molecule has 3 aromatic carbocycles. The van der Waals surface area contributed by atoms with Gasteiger partial charge >= 0.3 is 12.0 Å². The number of hydrogen-bond acceptors (Lipinski definition) is 6. The smallest absolute Gasteiger partial charge is 0.338 e. The van der Waals surface area contributed by atoms with Crippen LogP contribution in [0.15, 0.2) is 72.8 Å². The normalized spacial score (nSPS) is 14.9. The van der Waals surface area contributed by atoms with Gasteiger partial charge in [0.15, 0.2) is 11.5 Å². The second-order valence-corrected chi connectivity index (χ2v) is 9.02. The SMILES string of the molecule is CCOC(=O)c1ccc(NC(=O)N2CCSC2c2ccc(OCc3ccccc3)c(OC)c2)cc1. The van der Waals surface area contributed by atoms with Crippen molar-refractivity contribution in [3.05, 3.63) is 89.5 Å². The van der Waals surface area contributed by atoms with Gasteiger partial charge in [0.25, 0.3) is 0 Å². The zero-order valence-corrected chi connectivity index (χ0v) is 20.5. The van der Waals surface area contributed by atoms with Gasteiger partial charge in [0.2, 0.25) is 0 Å². The molecule has 0 spiro atoms. The highest BCUT2D eigenvalue weighted by Crippen LogP contribution is 2.41. The first-order chi connectivity index (χ1) is 17.1. The average molecular weight is 493 g/mol. The van der Waals surface area contributed by atoms with Gasteiger partial charge in [-0.25, -0.2) is 9.59 Å². The molecule has 8 heteroatoms. The largest absolute Gasteiger partial charge is 0.493 e. The molecule has 1 unspecified atom stereocenters. The number of methoxy groups -OCH3 is 1.